The summed E-state index contributed by atoms with van der Waals surface area (Å²) >= 11 is 0. The zero-order valence-electron chi connectivity index (χ0n) is 10.8. The summed E-state index contributed by atoms with van der Waals surface area (Å²) in [7, 11) is 0. The van der Waals surface area contributed by atoms with Gasteiger partial charge in [0.15, 0.2) is 5.69 Å². The number of nitrogens with zero attached hydrogens (tertiary/aromatic N) is 1. The van der Waals surface area contributed by atoms with Crippen molar-refractivity contribution in [3.05, 3.63) is 59.8 Å². The first-order chi connectivity index (χ1) is 9.78. The first kappa shape index (κ1) is 12.4. The second-order valence-corrected chi connectivity index (χ2v) is 4.47. The van der Waals surface area contributed by atoms with Crippen LogP contribution < -0.4 is 11.1 Å². The van der Waals surface area contributed by atoms with Crippen molar-refractivity contribution in [3.8, 4) is 0 Å². The van der Waals surface area contributed by atoms with Crippen LogP contribution in [-0.2, 0) is 6.54 Å². The van der Waals surface area contributed by atoms with E-state index in [4.69, 9.17) is 5.73 Å². The van der Waals surface area contributed by atoms with Gasteiger partial charge in [-0.2, -0.15) is 5.10 Å². The molecule has 3 aromatic rings. The molecule has 0 bridgehead atoms. The highest BCUT2D eigenvalue weighted by Gasteiger charge is 2.13. The Balaban J connectivity index is 1.85. The van der Waals surface area contributed by atoms with E-state index >= 15 is 0 Å². The van der Waals surface area contributed by atoms with Crippen molar-refractivity contribution in [2.45, 2.75) is 6.54 Å². The average molecular weight is 266 g/mol. The maximum Gasteiger partial charge on any atom is 0.276 e. The molecule has 2 aromatic carbocycles. The number of hydrogen-bond donors (Lipinski definition) is 3. The third-order valence-corrected chi connectivity index (χ3v) is 3.13. The Morgan fingerprint density at radius 3 is 2.65 bits per heavy atom. The molecular formula is C15H14N4O. The molecule has 1 aromatic heterocycles. The number of nitrogens with one attached hydrogen (secondary N) is 2. The molecule has 20 heavy (non-hydrogen) atoms. The van der Waals surface area contributed by atoms with Crippen LogP contribution in [-0.4, -0.2) is 16.1 Å². The number of carbonyl (C=O) groups excluding carboxylic acids is 1. The summed E-state index contributed by atoms with van der Waals surface area (Å²) in [5.74, 6) is -0.233. The second-order valence-electron chi connectivity index (χ2n) is 4.47. The molecule has 0 saturated heterocycles. The van der Waals surface area contributed by atoms with Gasteiger partial charge in [0.25, 0.3) is 5.91 Å². The van der Waals surface area contributed by atoms with Crippen LogP contribution in [0.1, 0.15) is 16.1 Å². The van der Waals surface area contributed by atoms with E-state index in [0.29, 0.717) is 12.2 Å². The van der Waals surface area contributed by atoms with E-state index in [0.717, 1.165) is 22.2 Å². The predicted molar refractivity (Wildman–Crippen MR) is 78.4 cm³/mol. The lowest BCUT2D eigenvalue weighted by Crippen LogP contribution is -2.12. The maximum absolute atomic E-state index is 12.2. The van der Waals surface area contributed by atoms with Crippen molar-refractivity contribution in [2.24, 2.45) is 5.73 Å². The molecule has 0 unspecified atom stereocenters. The quantitative estimate of drug-likeness (QED) is 0.680. The third-order valence-electron chi connectivity index (χ3n) is 3.13. The van der Waals surface area contributed by atoms with E-state index < -0.39 is 0 Å². The zero-order valence-corrected chi connectivity index (χ0v) is 10.8. The summed E-state index contributed by atoms with van der Waals surface area (Å²) in [4.78, 5) is 12.2. The fraction of sp³-hybridized carbons (Fsp3) is 0.0667. The number of aromatic nitrogens is 2. The number of nitrogens with two attached hydrogens (primary N) is 1. The SMILES string of the molecule is NCc1ccc(NC(=O)c2n[nH]c3ccccc23)cc1. The molecule has 0 atom stereocenters. The van der Waals surface area contributed by atoms with E-state index in [1.54, 1.807) is 0 Å². The first-order valence-corrected chi connectivity index (χ1v) is 6.31. The van der Waals surface area contributed by atoms with Gasteiger partial charge in [-0.1, -0.05) is 30.3 Å². The third kappa shape index (κ3) is 2.26. The molecule has 0 spiro atoms. The Morgan fingerprint density at radius 2 is 1.90 bits per heavy atom. The lowest BCUT2D eigenvalue weighted by Gasteiger charge is -2.04. The second kappa shape index (κ2) is 5.14. The van der Waals surface area contributed by atoms with Gasteiger partial charge in [0.2, 0.25) is 0 Å². The fourth-order valence-electron chi connectivity index (χ4n) is 2.05. The molecule has 0 saturated carbocycles. The van der Waals surface area contributed by atoms with Crippen LogP contribution >= 0.6 is 0 Å². The maximum atomic E-state index is 12.2. The van der Waals surface area contributed by atoms with Crippen LogP contribution in [0, 0.1) is 0 Å². The van der Waals surface area contributed by atoms with Crippen LogP contribution in [0.3, 0.4) is 0 Å². The monoisotopic (exact) mass is 266 g/mol. The highest BCUT2D eigenvalue weighted by atomic mass is 16.1. The van der Waals surface area contributed by atoms with E-state index in [-0.39, 0.29) is 5.91 Å². The van der Waals surface area contributed by atoms with E-state index in [1.807, 2.05) is 48.5 Å². The Hall–Kier alpha value is -2.66. The summed E-state index contributed by atoms with van der Waals surface area (Å²) in [6.45, 7) is 0.484. The first-order valence-electron chi connectivity index (χ1n) is 6.31. The van der Waals surface area contributed by atoms with Gasteiger partial charge in [0.1, 0.15) is 0 Å². The number of benzene rings is 2. The Bertz CT molecular complexity index is 746. The van der Waals surface area contributed by atoms with Gasteiger partial charge >= 0.3 is 0 Å². The van der Waals surface area contributed by atoms with Gasteiger partial charge in [0, 0.05) is 17.6 Å². The van der Waals surface area contributed by atoms with Gasteiger partial charge in [-0.15, -0.1) is 0 Å². The summed E-state index contributed by atoms with van der Waals surface area (Å²) in [6.07, 6.45) is 0. The molecule has 0 aliphatic rings. The summed E-state index contributed by atoms with van der Waals surface area (Å²) < 4.78 is 0. The van der Waals surface area contributed by atoms with E-state index in [9.17, 15) is 4.79 Å². The molecule has 5 nitrogen and oxygen atoms in total. The zero-order chi connectivity index (χ0) is 13.9. The molecule has 3 rings (SSSR count). The minimum absolute atomic E-state index is 0.233. The van der Waals surface area contributed by atoms with Gasteiger partial charge in [-0.05, 0) is 23.8 Å². The molecule has 0 radical (unpaired) electrons. The molecule has 0 aliphatic carbocycles. The molecular weight excluding hydrogens is 252 g/mol. The van der Waals surface area contributed by atoms with Crippen molar-refractivity contribution in [1.82, 2.24) is 10.2 Å². The standard InChI is InChI=1S/C15H14N4O/c16-9-10-5-7-11(8-6-10)17-15(20)14-12-3-1-2-4-13(12)18-19-14/h1-8H,9,16H2,(H,17,20)(H,18,19). The highest BCUT2D eigenvalue weighted by Crippen LogP contribution is 2.17. The Kier molecular flexibility index (Phi) is 3.18. The lowest BCUT2D eigenvalue weighted by molar-refractivity contribution is 0.102. The topological polar surface area (TPSA) is 83.8 Å². The molecule has 1 heterocycles. The van der Waals surface area contributed by atoms with Crippen LogP contribution in [0.25, 0.3) is 10.9 Å². The van der Waals surface area contributed by atoms with Crippen LogP contribution in [0.2, 0.25) is 0 Å². The number of carbonyl (C=O) groups is 1. The highest BCUT2D eigenvalue weighted by molar-refractivity contribution is 6.11. The van der Waals surface area contributed by atoms with Gasteiger partial charge < -0.3 is 11.1 Å². The fourth-order valence-corrected chi connectivity index (χ4v) is 2.05. The summed E-state index contributed by atoms with van der Waals surface area (Å²) in [5, 5.41) is 10.5. The largest absolute Gasteiger partial charge is 0.326 e. The van der Waals surface area contributed by atoms with E-state index in [2.05, 4.69) is 15.5 Å². The number of hydrogen-bond acceptors (Lipinski definition) is 3. The minimum atomic E-state index is -0.233. The van der Waals surface area contributed by atoms with Gasteiger partial charge in [0.05, 0.1) is 5.52 Å². The number of rotatable bonds is 3. The predicted octanol–water partition coefficient (Wildman–Crippen LogP) is 2.27. The van der Waals surface area contributed by atoms with Crippen LogP contribution in [0.15, 0.2) is 48.5 Å². The average Bonchev–Trinajstić information content (AvgIpc) is 2.92. The van der Waals surface area contributed by atoms with Crippen molar-refractivity contribution < 1.29 is 4.79 Å². The summed E-state index contributed by atoms with van der Waals surface area (Å²) in [5.41, 5.74) is 8.52. The van der Waals surface area contributed by atoms with Crippen molar-refractivity contribution in [1.29, 1.82) is 0 Å². The van der Waals surface area contributed by atoms with Gasteiger partial charge in [-0.3, -0.25) is 9.89 Å². The molecule has 100 valence electrons. The number of amides is 1. The smallest absolute Gasteiger partial charge is 0.276 e. The number of para-hydroxylation sites is 1. The Morgan fingerprint density at radius 1 is 1.15 bits per heavy atom. The van der Waals surface area contributed by atoms with Crippen molar-refractivity contribution in [2.75, 3.05) is 5.32 Å². The molecule has 0 fully saturated rings. The van der Waals surface area contributed by atoms with Crippen molar-refractivity contribution >= 4 is 22.5 Å². The van der Waals surface area contributed by atoms with Crippen molar-refractivity contribution in [3.63, 3.8) is 0 Å². The summed E-state index contributed by atoms with van der Waals surface area (Å²) in [6, 6.07) is 15.0. The van der Waals surface area contributed by atoms with E-state index in [1.165, 1.54) is 0 Å². The number of H-pyrrole nitrogens is 1. The number of fused-ring (bicyclic) bond motifs is 1. The molecule has 4 N–H and O–H groups in total. The minimum Gasteiger partial charge on any atom is -0.326 e. The molecule has 5 heteroatoms. The normalized spacial score (nSPS) is 10.7. The number of anilines is 1. The van der Waals surface area contributed by atoms with Crippen LogP contribution in [0.5, 0.6) is 0 Å². The van der Waals surface area contributed by atoms with Gasteiger partial charge in [-0.25, -0.2) is 0 Å². The van der Waals surface area contributed by atoms with Crippen LogP contribution in [0.4, 0.5) is 5.69 Å². The number of aromatic amines is 1. The molecule has 0 aliphatic heterocycles. The molecule has 1 amide bonds. The lowest BCUT2D eigenvalue weighted by atomic mass is 10.2. The Labute approximate surface area is 115 Å².